The Morgan fingerprint density at radius 2 is 1.07 bits per heavy atom. The molecule has 0 amide bonds. The van der Waals surface area contributed by atoms with Gasteiger partial charge in [-0.25, -0.2) is 19.2 Å². The minimum atomic E-state index is -0.614. The van der Waals surface area contributed by atoms with Gasteiger partial charge in [-0.15, -0.1) is 0 Å². The van der Waals surface area contributed by atoms with Crippen LogP contribution in [0.3, 0.4) is 0 Å². The van der Waals surface area contributed by atoms with E-state index in [9.17, 15) is 19.2 Å². The fourth-order valence-corrected chi connectivity index (χ4v) is 3.38. The van der Waals surface area contributed by atoms with Crippen LogP contribution >= 0.6 is 0 Å². The molecule has 0 saturated heterocycles. The Labute approximate surface area is 243 Å². The van der Waals surface area contributed by atoms with Gasteiger partial charge in [0.05, 0.1) is 11.1 Å². The number of ether oxygens (including phenoxy) is 6. The summed E-state index contributed by atoms with van der Waals surface area (Å²) < 4.78 is 31.3. The number of carbonyl (C=O) groups is 4. The van der Waals surface area contributed by atoms with Gasteiger partial charge in [-0.1, -0.05) is 33.9 Å². The zero-order chi connectivity index (χ0) is 30.7. The van der Waals surface area contributed by atoms with E-state index >= 15 is 0 Å². The number of carbonyl (C=O) groups excluding carboxylic acids is 4. The van der Waals surface area contributed by atoms with E-state index in [0.717, 1.165) is 12.2 Å². The molecule has 10 heteroatoms. The first-order chi connectivity index (χ1) is 20.0. The van der Waals surface area contributed by atoms with Crippen molar-refractivity contribution in [3.05, 3.63) is 109 Å². The second kappa shape index (κ2) is 14.3. The lowest BCUT2D eigenvalue weighted by molar-refractivity contribution is -0.145. The van der Waals surface area contributed by atoms with Gasteiger partial charge >= 0.3 is 23.9 Å². The van der Waals surface area contributed by atoms with Crippen LogP contribution in [-0.4, -0.2) is 37.5 Å². The third-order valence-corrected chi connectivity index (χ3v) is 5.54. The van der Waals surface area contributed by atoms with Crippen LogP contribution in [0.2, 0.25) is 0 Å². The third kappa shape index (κ3) is 9.09. The van der Waals surface area contributed by atoms with Gasteiger partial charge in [0.25, 0.3) is 0 Å². The van der Waals surface area contributed by atoms with Gasteiger partial charge in [-0.3, -0.25) is 0 Å². The number of rotatable bonds is 12. The zero-order valence-electron chi connectivity index (χ0n) is 23.4. The van der Waals surface area contributed by atoms with E-state index in [2.05, 4.69) is 13.2 Å². The monoisotopic (exact) mass is 574 g/mol. The van der Waals surface area contributed by atoms with Gasteiger partial charge in [0, 0.05) is 17.7 Å². The maximum atomic E-state index is 12.9. The Balaban J connectivity index is 1.65. The van der Waals surface area contributed by atoms with Crippen molar-refractivity contribution in [2.24, 2.45) is 0 Å². The molecule has 0 unspecified atom stereocenters. The summed E-state index contributed by atoms with van der Waals surface area (Å²) in [6.45, 7) is 11.8. The molecule has 0 aromatic heterocycles. The van der Waals surface area contributed by atoms with Gasteiger partial charge in [-0.05, 0) is 72.1 Å². The van der Waals surface area contributed by atoms with Crippen LogP contribution in [0.25, 0.3) is 0 Å². The van der Waals surface area contributed by atoms with E-state index in [1.165, 1.54) is 42.5 Å². The van der Waals surface area contributed by atoms with Crippen LogP contribution in [0.1, 0.15) is 47.1 Å². The summed E-state index contributed by atoms with van der Waals surface area (Å²) in [7, 11) is 0. The van der Waals surface area contributed by atoms with Crippen LogP contribution in [0.5, 0.6) is 23.0 Å². The van der Waals surface area contributed by atoms with Crippen molar-refractivity contribution >= 4 is 23.9 Å². The Morgan fingerprint density at radius 1 is 0.643 bits per heavy atom. The van der Waals surface area contributed by atoms with Crippen molar-refractivity contribution in [2.75, 3.05) is 13.6 Å². The molecule has 42 heavy (non-hydrogen) atoms. The van der Waals surface area contributed by atoms with Crippen molar-refractivity contribution in [1.82, 2.24) is 0 Å². The van der Waals surface area contributed by atoms with Gasteiger partial charge in [0.2, 0.25) is 13.6 Å². The molecule has 3 rings (SSSR count). The van der Waals surface area contributed by atoms with Crippen LogP contribution < -0.4 is 18.9 Å². The van der Waals surface area contributed by atoms with E-state index < -0.39 is 29.3 Å². The molecule has 218 valence electrons. The predicted molar refractivity (Wildman–Crippen MR) is 152 cm³/mol. The highest BCUT2D eigenvalue weighted by molar-refractivity contribution is 5.92. The highest BCUT2D eigenvalue weighted by atomic mass is 16.7. The molecule has 0 radical (unpaired) electrons. The maximum absolute atomic E-state index is 12.9. The Morgan fingerprint density at radius 3 is 1.50 bits per heavy atom. The van der Waals surface area contributed by atoms with E-state index in [-0.39, 0.29) is 30.5 Å². The van der Waals surface area contributed by atoms with Crippen molar-refractivity contribution in [1.29, 1.82) is 0 Å². The molecule has 0 heterocycles. The molecule has 0 fully saturated rings. The normalized spacial score (nSPS) is 10.5. The lowest BCUT2D eigenvalue weighted by Gasteiger charge is -2.23. The van der Waals surface area contributed by atoms with Crippen molar-refractivity contribution in [3.63, 3.8) is 0 Å². The van der Waals surface area contributed by atoms with Gasteiger partial charge < -0.3 is 28.4 Å². The standard InChI is InChI=1S/C32H30O10/c1-6-28(33)39-19-37-23-12-8-21(9-13-23)30(35)41-25-16-17-27(26(18-25)32(3,4)5)42-31(36)22-10-14-24(15-11-22)38-20-40-29(34)7-2/h6-18H,1-2,19-20H2,3-5H3. The van der Waals surface area contributed by atoms with E-state index in [4.69, 9.17) is 28.4 Å². The molecule has 0 saturated carbocycles. The average molecular weight is 575 g/mol. The topological polar surface area (TPSA) is 124 Å². The largest absolute Gasteiger partial charge is 0.457 e. The third-order valence-electron chi connectivity index (χ3n) is 5.54. The van der Waals surface area contributed by atoms with Crippen molar-refractivity contribution in [2.45, 2.75) is 26.2 Å². The molecule has 0 bridgehead atoms. The zero-order valence-corrected chi connectivity index (χ0v) is 23.4. The summed E-state index contributed by atoms with van der Waals surface area (Å²) in [6, 6.07) is 17.0. The molecule has 0 aliphatic carbocycles. The molecular formula is C32H30O10. The quantitative estimate of drug-likeness (QED) is 0.118. The lowest BCUT2D eigenvalue weighted by Crippen LogP contribution is -2.17. The summed E-state index contributed by atoms with van der Waals surface area (Å²) in [6.07, 6.45) is 2.05. The molecule has 10 nitrogen and oxygen atoms in total. The summed E-state index contributed by atoms with van der Waals surface area (Å²) in [5.41, 5.74) is 0.715. The fourth-order valence-electron chi connectivity index (χ4n) is 3.38. The van der Waals surface area contributed by atoms with Crippen LogP contribution in [0.15, 0.2) is 92.0 Å². The number of hydrogen-bond donors (Lipinski definition) is 0. The molecular weight excluding hydrogens is 544 g/mol. The molecule has 0 N–H and O–H groups in total. The number of hydrogen-bond acceptors (Lipinski definition) is 10. The highest BCUT2D eigenvalue weighted by Gasteiger charge is 2.23. The summed E-state index contributed by atoms with van der Waals surface area (Å²) in [5.74, 6) is -1.08. The second-order valence-electron chi connectivity index (χ2n) is 9.60. The van der Waals surface area contributed by atoms with Crippen LogP contribution in [0.4, 0.5) is 0 Å². The fraction of sp³-hybridized carbons (Fsp3) is 0.188. The molecule has 3 aromatic carbocycles. The van der Waals surface area contributed by atoms with E-state index in [1.807, 2.05) is 20.8 Å². The second-order valence-corrected chi connectivity index (χ2v) is 9.60. The first-order valence-electron chi connectivity index (χ1n) is 12.6. The summed E-state index contributed by atoms with van der Waals surface area (Å²) in [5, 5.41) is 0. The first-order valence-corrected chi connectivity index (χ1v) is 12.6. The van der Waals surface area contributed by atoms with Crippen molar-refractivity contribution in [3.8, 4) is 23.0 Å². The minimum Gasteiger partial charge on any atom is -0.457 e. The maximum Gasteiger partial charge on any atom is 0.343 e. The van der Waals surface area contributed by atoms with Crippen LogP contribution in [0, 0.1) is 0 Å². The highest BCUT2D eigenvalue weighted by Crippen LogP contribution is 2.35. The summed E-state index contributed by atoms with van der Waals surface area (Å²) >= 11 is 0. The number of esters is 4. The van der Waals surface area contributed by atoms with Gasteiger partial charge in [-0.2, -0.15) is 0 Å². The predicted octanol–water partition coefficient (Wildman–Crippen LogP) is 5.55. The first kappa shape index (κ1) is 31.2. The van der Waals surface area contributed by atoms with Gasteiger partial charge in [0.15, 0.2) is 0 Å². The smallest absolute Gasteiger partial charge is 0.343 e. The molecule has 0 aliphatic rings. The Bertz CT molecular complexity index is 1450. The summed E-state index contributed by atoms with van der Waals surface area (Å²) in [4.78, 5) is 47.8. The molecule has 0 aliphatic heterocycles. The van der Waals surface area contributed by atoms with E-state index in [0.29, 0.717) is 22.8 Å². The lowest BCUT2D eigenvalue weighted by atomic mass is 9.86. The number of benzene rings is 3. The molecule has 0 spiro atoms. The molecule has 3 aromatic rings. The SMILES string of the molecule is C=CC(=O)OCOc1ccc(C(=O)Oc2ccc(OC(=O)c3ccc(OCOC(=O)C=C)cc3)c(C(C)(C)C)c2)cc1. The molecule has 0 atom stereocenters. The van der Waals surface area contributed by atoms with E-state index in [1.54, 1.807) is 24.3 Å². The minimum absolute atomic E-state index is 0.264. The average Bonchev–Trinajstić information content (AvgIpc) is 2.97. The van der Waals surface area contributed by atoms with Gasteiger partial charge in [0.1, 0.15) is 23.0 Å². The van der Waals surface area contributed by atoms with Crippen LogP contribution in [-0.2, 0) is 24.5 Å². The Kier molecular flexibility index (Phi) is 10.6. The van der Waals surface area contributed by atoms with Crippen molar-refractivity contribution < 1.29 is 47.6 Å². The Hall–Kier alpha value is -5.38.